The fourth-order valence-electron chi connectivity index (χ4n) is 3.93. The minimum Gasteiger partial charge on any atom is -0.474 e. The highest BCUT2D eigenvalue weighted by Crippen LogP contribution is 2.28. The van der Waals surface area contributed by atoms with Gasteiger partial charge in [-0.05, 0) is 56.9 Å². The first-order valence-corrected chi connectivity index (χ1v) is 11.5. The second-order valence-corrected chi connectivity index (χ2v) is 8.85. The summed E-state index contributed by atoms with van der Waals surface area (Å²) in [6, 6.07) is 8.71. The Kier molecular flexibility index (Phi) is 7.10. The molecule has 3 aromatic rings. The fourth-order valence-corrected chi connectivity index (χ4v) is 3.93. The van der Waals surface area contributed by atoms with Crippen LogP contribution in [0.5, 0.6) is 5.88 Å². The van der Waals surface area contributed by atoms with Gasteiger partial charge in [0.25, 0.3) is 5.89 Å². The van der Waals surface area contributed by atoms with E-state index >= 15 is 0 Å². The predicted molar refractivity (Wildman–Crippen MR) is 127 cm³/mol. The zero-order valence-electron chi connectivity index (χ0n) is 19.9. The molecule has 0 saturated heterocycles. The van der Waals surface area contributed by atoms with E-state index < -0.39 is 12.1 Å². The first-order valence-electron chi connectivity index (χ1n) is 11.5. The number of ether oxygens (including phenoxy) is 1. The minimum absolute atomic E-state index is 0.108. The standard InChI is InChI=1S/C25H28N6O4/c1-14(2)34-23-19(12-26)11-20(13-28-23)24-29-22(30-35-24)18-5-4-16-6-8-31(9-7-17(16)10-18)25(33)21(27)15(3)32/h4-5,10-11,13-15,21,32H,6-9,27H2,1-3H3/t15-,21+/m1/s1. The van der Waals surface area contributed by atoms with E-state index in [9.17, 15) is 15.2 Å². The van der Waals surface area contributed by atoms with Gasteiger partial charge in [-0.1, -0.05) is 17.3 Å². The van der Waals surface area contributed by atoms with Crippen molar-refractivity contribution in [2.45, 2.75) is 51.9 Å². The van der Waals surface area contributed by atoms with E-state index in [1.54, 1.807) is 11.0 Å². The van der Waals surface area contributed by atoms with Crippen molar-refractivity contribution in [1.82, 2.24) is 20.0 Å². The summed E-state index contributed by atoms with van der Waals surface area (Å²) in [4.78, 5) is 23.0. The summed E-state index contributed by atoms with van der Waals surface area (Å²) in [5, 5.41) is 23.2. The molecule has 2 aromatic heterocycles. The molecule has 0 spiro atoms. The molecule has 1 aromatic carbocycles. The molecule has 3 heterocycles. The van der Waals surface area contributed by atoms with Crippen molar-refractivity contribution in [3.63, 3.8) is 0 Å². The number of nitrogens with zero attached hydrogens (tertiary/aromatic N) is 5. The maximum atomic E-state index is 12.6. The molecule has 1 aliphatic heterocycles. The molecule has 4 rings (SSSR count). The van der Waals surface area contributed by atoms with Crippen molar-refractivity contribution in [2.75, 3.05) is 13.1 Å². The van der Waals surface area contributed by atoms with Gasteiger partial charge in [0.15, 0.2) is 0 Å². The monoisotopic (exact) mass is 476 g/mol. The average Bonchev–Trinajstić information content (AvgIpc) is 3.24. The van der Waals surface area contributed by atoms with Gasteiger partial charge in [-0.25, -0.2) is 4.98 Å². The number of aromatic nitrogens is 3. The van der Waals surface area contributed by atoms with E-state index in [1.165, 1.54) is 13.1 Å². The number of aliphatic hydroxyl groups excluding tert-OH is 1. The zero-order valence-corrected chi connectivity index (χ0v) is 19.9. The van der Waals surface area contributed by atoms with Gasteiger partial charge in [0.05, 0.1) is 17.8 Å². The molecule has 182 valence electrons. The topological polar surface area (TPSA) is 151 Å². The van der Waals surface area contributed by atoms with E-state index in [2.05, 4.69) is 21.2 Å². The van der Waals surface area contributed by atoms with Crippen LogP contribution >= 0.6 is 0 Å². The first-order chi connectivity index (χ1) is 16.8. The maximum absolute atomic E-state index is 12.6. The normalized spacial score (nSPS) is 15.2. The molecule has 2 atom stereocenters. The molecule has 0 aliphatic carbocycles. The molecule has 0 radical (unpaired) electrons. The van der Waals surface area contributed by atoms with Gasteiger partial charge in [0, 0.05) is 24.8 Å². The zero-order chi connectivity index (χ0) is 25.1. The predicted octanol–water partition coefficient (Wildman–Crippen LogP) is 2.09. The number of nitrogens with two attached hydrogens (primary N) is 1. The average molecular weight is 477 g/mol. The van der Waals surface area contributed by atoms with E-state index in [4.69, 9.17) is 15.0 Å². The lowest BCUT2D eigenvalue weighted by molar-refractivity contribution is -0.134. The van der Waals surface area contributed by atoms with Crippen molar-refractivity contribution in [2.24, 2.45) is 5.73 Å². The van der Waals surface area contributed by atoms with Gasteiger partial charge in [-0.15, -0.1) is 0 Å². The molecule has 0 saturated carbocycles. The van der Waals surface area contributed by atoms with Crippen molar-refractivity contribution in [1.29, 1.82) is 5.26 Å². The number of amides is 1. The Morgan fingerprint density at radius 2 is 1.94 bits per heavy atom. The van der Waals surface area contributed by atoms with Gasteiger partial charge in [0.2, 0.25) is 17.6 Å². The summed E-state index contributed by atoms with van der Waals surface area (Å²) in [5.41, 5.74) is 9.68. The van der Waals surface area contributed by atoms with E-state index in [-0.39, 0.29) is 29.3 Å². The Hall–Kier alpha value is -3.81. The quantitative estimate of drug-likeness (QED) is 0.545. The SMILES string of the molecule is CC(C)Oc1ncc(-c2nc(-c3ccc4c(c3)CCN(C(=O)[C@@H](N)[C@@H](C)O)CC4)no2)cc1C#N. The molecule has 3 N–H and O–H groups in total. The molecule has 1 aliphatic rings. The van der Waals surface area contributed by atoms with Crippen LogP contribution in [-0.4, -0.2) is 62.4 Å². The lowest BCUT2D eigenvalue weighted by Gasteiger charge is -2.25. The Bertz CT molecular complexity index is 1260. The number of benzene rings is 1. The first kappa shape index (κ1) is 24.3. The molecule has 10 heteroatoms. The lowest BCUT2D eigenvalue weighted by Crippen LogP contribution is -2.49. The highest BCUT2D eigenvalue weighted by Gasteiger charge is 2.26. The Morgan fingerprint density at radius 1 is 1.20 bits per heavy atom. The van der Waals surface area contributed by atoms with Crippen LogP contribution in [0, 0.1) is 11.3 Å². The van der Waals surface area contributed by atoms with Crippen LogP contribution < -0.4 is 10.5 Å². The van der Waals surface area contributed by atoms with E-state index in [1.807, 2.05) is 32.0 Å². The van der Waals surface area contributed by atoms with Crippen molar-refractivity contribution < 1.29 is 19.2 Å². The number of nitriles is 1. The number of carbonyl (C=O) groups excluding carboxylic acids is 1. The van der Waals surface area contributed by atoms with Crippen molar-refractivity contribution >= 4 is 5.91 Å². The maximum Gasteiger partial charge on any atom is 0.259 e. The summed E-state index contributed by atoms with van der Waals surface area (Å²) in [7, 11) is 0. The highest BCUT2D eigenvalue weighted by atomic mass is 16.5. The largest absolute Gasteiger partial charge is 0.474 e. The highest BCUT2D eigenvalue weighted by molar-refractivity contribution is 5.82. The van der Waals surface area contributed by atoms with Gasteiger partial charge in [-0.2, -0.15) is 10.2 Å². The van der Waals surface area contributed by atoms with Crippen LogP contribution in [-0.2, 0) is 17.6 Å². The fraction of sp³-hybridized carbons (Fsp3) is 0.400. The third kappa shape index (κ3) is 5.31. The third-order valence-corrected chi connectivity index (χ3v) is 5.88. The lowest BCUT2D eigenvalue weighted by atomic mass is 10.00. The number of carbonyl (C=O) groups is 1. The molecule has 1 amide bonds. The van der Waals surface area contributed by atoms with Crippen LogP contribution in [0.25, 0.3) is 22.8 Å². The number of rotatable bonds is 6. The van der Waals surface area contributed by atoms with Crippen LogP contribution in [0.3, 0.4) is 0 Å². The van der Waals surface area contributed by atoms with Crippen molar-refractivity contribution in [3.8, 4) is 34.8 Å². The Balaban J connectivity index is 1.53. The summed E-state index contributed by atoms with van der Waals surface area (Å²) < 4.78 is 11.0. The Morgan fingerprint density at radius 3 is 2.63 bits per heavy atom. The number of hydrogen-bond acceptors (Lipinski definition) is 9. The summed E-state index contributed by atoms with van der Waals surface area (Å²) in [6.45, 7) is 6.30. The number of aliphatic hydroxyl groups is 1. The Labute approximate surface area is 203 Å². The molecule has 0 unspecified atom stereocenters. The molecular weight excluding hydrogens is 448 g/mol. The summed E-state index contributed by atoms with van der Waals surface area (Å²) in [5.74, 6) is 0.681. The second-order valence-electron chi connectivity index (χ2n) is 8.85. The van der Waals surface area contributed by atoms with E-state index in [0.717, 1.165) is 16.7 Å². The van der Waals surface area contributed by atoms with Crippen LogP contribution in [0.15, 0.2) is 35.0 Å². The molecule has 0 fully saturated rings. The molecular formula is C25H28N6O4. The van der Waals surface area contributed by atoms with Gasteiger partial charge in [0.1, 0.15) is 17.7 Å². The summed E-state index contributed by atoms with van der Waals surface area (Å²) >= 11 is 0. The van der Waals surface area contributed by atoms with Crippen molar-refractivity contribution in [3.05, 3.63) is 47.2 Å². The van der Waals surface area contributed by atoms with Crippen LogP contribution in [0.1, 0.15) is 37.5 Å². The molecule has 10 nitrogen and oxygen atoms in total. The van der Waals surface area contributed by atoms with Crippen LogP contribution in [0.2, 0.25) is 0 Å². The van der Waals surface area contributed by atoms with Gasteiger partial charge >= 0.3 is 0 Å². The summed E-state index contributed by atoms with van der Waals surface area (Å²) in [6.07, 6.45) is 1.88. The molecule has 0 bridgehead atoms. The van der Waals surface area contributed by atoms with Crippen LogP contribution in [0.4, 0.5) is 0 Å². The number of fused-ring (bicyclic) bond motifs is 1. The van der Waals surface area contributed by atoms with Gasteiger partial charge in [-0.3, -0.25) is 4.79 Å². The second kappa shape index (κ2) is 10.2. The minimum atomic E-state index is -0.924. The van der Waals surface area contributed by atoms with Gasteiger partial charge < -0.3 is 25.0 Å². The third-order valence-electron chi connectivity index (χ3n) is 5.88. The number of pyridine rings is 1. The van der Waals surface area contributed by atoms with E-state index in [0.29, 0.717) is 37.3 Å². The number of hydrogen-bond donors (Lipinski definition) is 2. The smallest absolute Gasteiger partial charge is 0.259 e. The molecule has 35 heavy (non-hydrogen) atoms.